The van der Waals surface area contributed by atoms with Crippen LogP contribution in [0.3, 0.4) is 0 Å². The number of aromatic nitrogens is 3. The maximum absolute atomic E-state index is 6.25. The zero-order valence-electron chi connectivity index (χ0n) is 18.2. The lowest BCUT2D eigenvalue weighted by atomic mass is 9.89. The molecule has 4 aromatic carbocycles. The van der Waals surface area contributed by atoms with E-state index < -0.39 is 0 Å². The van der Waals surface area contributed by atoms with E-state index in [4.69, 9.17) is 4.42 Å². The van der Waals surface area contributed by atoms with Gasteiger partial charge in [0.2, 0.25) is 5.52 Å². The Kier molecular flexibility index (Phi) is 3.42. The number of hydrogen-bond donors (Lipinski definition) is 0. The minimum Gasteiger partial charge on any atom is -0.456 e. The topological polar surface area (TPSA) is 42.8 Å². The van der Waals surface area contributed by atoms with E-state index in [0.29, 0.717) is 0 Å². The predicted octanol–water partition coefficient (Wildman–Crippen LogP) is 6.63. The van der Waals surface area contributed by atoms with Crippen molar-refractivity contribution in [2.24, 2.45) is 0 Å². The van der Waals surface area contributed by atoms with Crippen molar-refractivity contribution in [2.45, 2.75) is 6.42 Å². The number of rotatable bonds is 2. The third kappa shape index (κ3) is 2.29. The maximum atomic E-state index is 6.25. The molecule has 0 aliphatic carbocycles. The van der Waals surface area contributed by atoms with Crippen molar-refractivity contribution in [1.82, 2.24) is 9.97 Å². The molecule has 0 amide bonds. The Morgan fingerprint density at radius 3 is 2.65 bits per heavy atom. The van der Waals surface area contributed by atoms with E-state index in [9.17, 15) is 0 Å². The summed E-state index contributed by atoms with van der Waals surface area (Å²) in [4.78, 5) is 8.82. The van der Waals surface area contributed by atoms with Crippen molar-refractivity contribution in [1.29, 1.82) is 0 Å². The van der Waals surface area contributed by atoms with Gasteiger partial charge in [-0.1, -0.05) is 42.5 Å². The third-order valence-electron chi connectivity index (χ3n) is 7.07. The second-order valence-corrected chi connectivity index (χ2v) is 8.88. The van der Waals surface area contributed by atoms with Crippen molar-refractivity contribution in [3.63, 3.8) is 0 Å². The number of fused-ring (bicyclic) bond motifs is 1. The van der Waals surface area contributed by atoms with Gasteiger partial charge in [0.1, 0.15) is 11.2 Å². The first kappa shape index (κ1) is 17.9. The summed E-state index contributed by atoms with van der Waals surface area (Å²) in [5.41, 5.74) is 8.83. The Hall–Kier alpha value is -4.57. The van der Waals surface area contributed by atoms with E-state index in [-0.39, 0.29) is 0 Å². The van der Waals surface area contributed by atoms with Gasteiger partial charge in [-0.05, 0) is 29.3 Å². The molecule has 3 aromatic heterocycles. The molecule has 0 atom stereocenters. The van der Waals surface area contributed by atoms with Crippen LogP contribution in [0.15, 0.2) is 95.9 Å². The minimum atomic E-state index is 0.843. The summed E-state index contributed by atoms with van der Waals surface area (Å²) in [7, 11) is 0. The molecule has 4 heterocycles. The smallest absolute Gasteiger partial charge is 0.227 e. The van der Waals surface area contributed by atoms with Crippen molar-refractivity contribution in [3.8, 4) is 11.3 Å². The molecule has 0 spiro atoms. The average Bonchev–Trinajstić information content (AvgIpc) is 3.28. The van der Waals surface area contributed by atoms with Gasteiger partial charge in [-0.2, -0.15) is 4.57 Å². The van der Waals surface area contributed by atoms with Crippen molar-refractivity contribution < 1.29 is 8.98 Å². The van der Waals surface area contributed by atoms with Gasteiger partial charge in [0.05, 0.1) is 29.1 Å². The summed E-state index contributed by atoms with van der Waals surface area (Å²) in [5.74, 6) is 0. The second kappa shape index (κ2) is 6.49. The van der Waals surface area contributed by atoms with E-state index in [1.54, 1.807) is 12.4 Å². The summed E-state index contributed by atoms with van der Waals surface area (Å²) in [6.45, 7) is 0. The molecule has 4 heteroatoms. The van der Waals surface area contributed by atoms with Gasteiger partial charge in [0, 0.05) is 46.3 Å². The lowest BCUT2D eigenvalue weighted by Gasteiger charge is -2.17. The molecule has 4 nitrogen and oxygen atoms in total. The molecule has 0 radical (unpaired) electrons. The summed E-state index contributed by atoms with van der Waals surface area (Å²) in [6, 6.07) is 23.5. The van der Waals surface area contributed by atoms with Gasteiger partial charge in [-0.3, -0.25) is 9.97 Å². The van der Waals surface area contributed by atoms with Crippen LogP contribution in [0.2, 0.25) is 0 Å². The molecule has 0 saturated carbocycles. The summed E-state index contributed by atoms with van der Waals surface area (Å²) in [6.07, 6.45) is 10.6. The van der Waals surface area contributed by atoms with Gasteiger partial charge in [-0.15, -0.1) is 0 Å². The van der Waals surface area contributed by atoms with E-state index in [1.807, 2.05) is 6.20 Å². The first-order valence-corrected chi connectivity index (χ1v) is 11.5. The lowest BCUT2D eigenvalue weighted by Crippen LogP contribution is -2.36. The average molecular weight is 436 g/mol. The van der Waals surface area contributed by atoms with Crippen LogP contribution in [0.1, 0.15) is 11.1 Å². The predicted molar refractivity (Wildman–Crippen MR) is 135 cm³/mol. The Morgan fingerprint density at radius 1 is 0.794 bits per heavy atom. The fourth-order valence-corrected chi connectivity index (χ4v) is 5.69. The third-order valence-corrected chi connectivity index (χ3v) is 7.07. The zero-order valence-corrected chi connectivity index (χ0v) is 18.2. The molecular formula is C30H18N3O+. The van der Waals surface area contributed by atoms with E-state index in [2.05, 4.69) is 93.5 Å². The quantitative estimate of drug-likeness (QED) is 0.226. The second-order valence-electron chi connectivity index (χ2n) is 8.88. The minimum absolute atomic E-state index is 0.843. The summed E-state index contributed by atoms with van der Waals surface area (Å²) in [5, 5.41) is 6.29. The highest BCUT2D eigenvalue weighted by atomic mass is 16.3. The standard InChI is InChI=1S/C30H18N3O/c1-2-6-21(24-17-31-12-13-32-24)18(5-1)15-20-16-19-10-11-26-29-27(19)30-23(8-4-14-33(20)30)22-7-3-9-25(34-26)28(22)29/h1-15,17H,16H2/q+1/b20-15-. The fraction of sp³-hybridized carbons (Fsp3) is 0.0333. The highest BCUT2D eigenvalue weighted by Crippen LogP contribution is 2.44. The van der Waals surface area contributed by atoms with E-state index in [1.165, 1.54) is 43.7 Å². The molecule has 158 valence electrons. The van der Waals surface area contributed by atoms with Gasteiger partial charge >= 0.3 is 0 Å². The fourth-order valence-electron chi connectivity index (χ4n) is 5.69. The number of benzene rings is 4. The van der Waals surface area contributed by atoms with Crippen LogP contribution in [0.4, 0.5) is 0 Å². The Labute approximate surface area is 194 Å². The largest absolute Gasteiger partial charge is 0.456 e. The number of furan rings is 1. The first-order chi connectivity index (χ1) is 16.9. The van der Waals surface area contributed by atoms with Crippen LogP contribution in [-0.4, -0.2) is 9.97 Å². The highest BCUT2D eigenvalue weighted by molar-refractivity contribution is 6.32. The van der Waals surface area contributed by atoms with Gasteiger partial charge in [0.25, 0.3) is 0 Å². The number of hydrogen-bond acceptors (Lipinski definition) is 3. The Bertz CT molecular complexity index is 1930. The molecule has 8 rings (SSSR count). The molecule has 34 heavy (non-hydrogen) atoms. The molecule has 0 bridgehead atoms. The molecule has 0 fully saturated rings. The molecule has 0 saturated heterocycles. The highest BCUT2D eigenvalue weighted by Gasteiger charge is 2.30. The molecule has 0 unspecified atom stereocenters. The van der Waals surface area contributed by atoms with Crippen molar-refractivity contribution in [3.05, 3.63) is 103 Å². The maximum Gasteiger partial charge on any atom is 0.227 e. The summed E-state index contributed by atoms with van der Waals surface area (Å²) >= 11 is 0. The van der Waals surface area contributed by atoms with E-state index in [0.717, 1.165) is 34.4 Å². The molecule has 1 aliphatic heterocycles. The van der Waals surface area contributed by atoms with Crippen LogP contribution < -0.4 is 4.57 Å². The van der Waals surface area contributed by atoms with Crippen LogP contribution in [0.25, 0.3) is 66.6 Å². The number of nitrogens with zero attached hydrogens (tertiary/aromatic N) is 3. The van der Waals surface area contributed by atoms with Crippen molar-refractivity contribution in [2.75, 3.05) is 0 Å². The molecule has 7 aromatic rings. The first-order valence-electron chi connectivity index (χ1n) is 11.5. The molecule has 0 N–H and O–H groups in total. The van der Waals surface area contributed by atoms with Crippen LogP contribution in [0.5, 0.6) is 0 Å². The lowest BCUT2D eigenvalue weighted by molar-refractivity contribution is -0.553. The monoisotopic (exact) mass is 436 g/mol. The van der Waals surface area contributed by atoms with Gasteiger partial charge in [-0.25, -0.2) is 0 Å². The van der Waals surface area contributed by atoms with Gasteiger partial charge < -0.3 is 4.42 Å². The zero-order chi connectivity index (χ0) is 22.2. The van der Waals surface area contributed by atoms with Crippen LogP contribution >= 0.6 is 0 Å². The molecule has 1 aliphatic rings. The normalized spacial score (nSPS) is 14.4. The van der Waals surface area contributed by atoms with Crippen LogP contribution in [0, 0.1) is 0 Å². The molecular weight excluding hydrogens is 418 g/mol. The summed E-state index contributed by atoms with van der Waals surface area (Å²) < 4.78 is 8.62. The van der Waals surface area contributed by atoms with Crippen molar-refractivity contribution >= 4 is 55.4 Å². The van der Waals surface area contributed by atoms with Crippen LogP contribution in [-0.2, 0) is 6.42 Å². The Morgan fingerprint density at radius 2 is 1.71 bits per heavy atom. The van der Waals surface area contributed by atoms with E-state index >= 15 is 0 Å². The number of pyridine rings is 1. The number of allylic oxidation sites excluding steroid dienone is 1. The Balaban J connectivity index is 1.47. The SMILES string of the molecule is C(=C1\Cc2ccc3oc4cccc5c6ccc[n+]1c6c2c3c45)/c1ccccc1-c1cnccn1. The van der Waals surface area contributed by atoms with Gasteiger partial charge in [0.15, 0.2) is 11.9 Å².